The van der Waals surface area contributed by atoms with Crippen molar-refractivity contribution in [2.24, 2.45) is 0 Å². The van der Waals surface area contributed by atoms with E-state index in [2.05, 4.69) is 29.7 Å². The molecule has 0 atom stereocenters. The molecule has 60 valence electrons. The van der Waals surface area contributed by atoms with Crippen LogP contribution in [-0.2, 0) is 6.42 Å². The second-order valence-electron chi connectivity index (χ2n) is 2.54. The van der Waals surface area contributed by atoms with Crippen LogP contribution in [0.5, 0.6) is 0 Å². The first-order valence-electron chi connectivity index (χ1n) is 3.93. The molecule has 0 fully saturated rings. The Hall–Kier alpha value is -0.500. The Morgan fingerprint density at radius 3 is 2.55 bits per heavy atom. The minimum Gasteiger partial charge on any atom is -0.265 e. The summed E-state index contributed by atoms with van der Waals surface area (Å²) >= 11 is 4.15. The highest BCUT2D eigenvalue weighted by Gasteiger charge is 1.89. The molecule has 0 unspecified atom stereocenters. The summed E-state index contributed by atoms with van der Waals surface area (Å²) in [4.78, 5) is 3.96. The summed E-state index contributed by atoms with van der Waals surface area (Å²) in [6.45, 7) is 0. The van der Waals surface area contributed by atoms with Crippen LogP contribution >= 0.6 is 12.6 Å². The van der Waals surface area contributed by atoms with Gasteiger partial charge in [-0.3, -0.25) is 4.98 Å². The van der Waals surface area contributed by atoms with Gasteiger partial charge in [0.05, 0.1) is 0 Å². The molecule has 0 amide bonds. The maximum Gasteiger partial charge on any atom is 0.0270 e. The lowest BCUT2D eigenvalue weighted by molar-refractivity contribution is 0.803. The zero-order valence-electron chi connectivity index (χ0n) is 6.53. The Bertz CT molecular complexity index is 186. The number of hydrogen-bond acceptors (Lipinski definition) is 2. The Morgan fingerprint density at radius 1 is 1.18 bits per heavy atom. The molecule has 1 aromatic heterocycles. The van der Waals surface area contributed by atoms with Crippen molar-refractivity contribution >= 4 is 12.6 Å². The maximum atomic E-state index is 4.15. The van der Waals surface area contributed by atoms with E-state index in [4.69, 9.17) is 0 Å². The lowest BCUT2D eigenvalue weighted by Crippen LogP contribution is -1.85. The molecule has 1 nitrogen and oxygen atoms in total. The van der Waals surface area contributed by atoms with Gasteiger partial charge in [-0.2, -0.15) is 12.6 Å². The Kier molecular flexibility index (Phi) is 4.06. The fourth-order valence-corrected chi connectivity index (χ4v) is 1.21. The van der Waals surface area contributed by atoms with Gasteiger partial charge < -0.3 is 0 Å². The normalized spacial score (nSPS) is 9.91. The van der Waals surface area contributed by atoms with Crippen molar-refractivity contribution in [2.45, 2.75) is 19.3 Å². The Morgan fingerprint density at radius 2 is 1.91 bits per heavy atom. The van der Waals surface area contributed by atoms with E-state index < -0.39 is 0 Å². The monoisotopic (exact) mass is 167 g/mol. The van der Waals surface area contributed by atoms with Crippen molar-refractivity contribution in [1.82, 2.24) is 4.98 Å². The summed E-state index contributed by atoms with van der Waals surface area (Å²) in [6.07, 6.45) is 7.27. The van der Waals surface area contributed by atoms with Gasteiger partial charge in [0.1, 0.15) is 0 Å². The number of rotatable bonds is 4. The summed E-state index contributed by atoms with van der Waals surface area (Å²) in [5, 5.41) is 0. The van der Waals surface area contributed by atoms with E-state index >= 15 is 0 Å². The topological polar surface area (TPSA) is 12.9 Å². The number of thiol groups is 1. The van der Waals surface area contributed by atoms with Crippen molar-refractivity contribution in [3.8, 4) is 0 Å². The molecule has 1 heterocycles. The quantitative estimate of drug-likeness (QED) is 0.536. The highest BCUT2D eigenvalue weighted by molar-refractivity contribution is 7.80. The average molecular weight is 167 g/mol. The third-order valence-electron chi connectivity index (χ3n) is 1.62. The van der Waals surface area contributed by atoms with Gasteiger partial charge in [-0.1, -0.05) is 0 Å². The first kappa shape index (κ1) is 8.60. The summed E-state index contributed by atoms with van der Waals surface area (Å²) in [5.74, 6) is 0.991. The maximum absolute atomic E-state index is 4.15. The lowest BCUT2D eigenvalue weighted by Gasteiger charge is -1.97. The van der Waals surface area contributed by atoms with Crippen molar-refractivity contribution in [1.29, 1.82) is 0 Å². The molecule has 11 heavy (non-hydrogen) atoms. The molecule has 1 aromatic rings. The molecule has 0 N–H and O–H groups in total. The molecular weight excluding hydrogens is 154 g/mol. The van der Waals surface area contributed by atoms with Crippen LogP contribution in [0.1, 0.15) is 18.4 Å². The molecule has 0 aromatic carbocycles. The largest absolute Gasteiger partial charge is 0.265 e. The lowest BCUT2D eigenvalue weighted by atomic mass is 10.1. The fourth-order valence-electron chi connectivity index (χ4n) is 0.990. The van der Waals surface area contributed by atoms with E-state index in [9.17, 15) is 0 Å². The Balaban J connectivity index is 2.28. The summed E-state index contributed by atoms with van der Waals surface area (Å²) < 4.78 is 0. The fraction of sp³-hybridized carbons (Fsp3) is 0.444. The van der Waals surface area contributed by atoms with E-state index in [1.807, 2.05) is 12.4 Å². The number of nitrogens with zero attached hydrogens (tertiary/aromatic N) is 1. The van der Waals surface area contributed by atoms with Crippen LogP contribution in [0.2, 0.25) is 0 Å². The van der Waals surface area contributed by atoms with E-state index in [-0.39, 0.29) is 0 Å². The van der Waals surface area contributed by atoms with Crippen molar-refractivity contribution in [3.63, 3.8) is 0 Å². The van der Waals surface area contributed by atoms with Crippen molar-refractivity contribution in [2.75, 3.05) is 5.75 Å². The SMILES string of the molecule is SCCCCc1ccncc1. The van der Waals surface area contributed by atoms with Gasteiger partial charge in [0, 0.05) is 12.4 Å². The van der Waals surface area contributed by atoms with Gasteiger partial charge in [0.15, 0.2) is 0 Å². The molecule has 0 aliphatic rings. The molecule has 0 spiro atoms. The van der Waals surface area contributed by atoms with E-state index in [0.717, 1.165) is 12.2 Å². The molecule has 1 rings (SSSR count). The molecule has 0 saturated heterocycles. The van der Waals surface area contributed by atoms with Gasteiger partial charge in [0.2, 0.25) is 0 Å². The summed E-state index contributed by atoms with van der Waals surface area (Å²) in [5.41, 5.74) is 1.38. The predicted octanol–water partition coefficient (Wildman–Crippen LogP) is 2.33. The second-order valence-corrected chi connectivity index (χ2v) is 2.98. The standard InChI is InChI=1S/C9H13NS/c11-8-2-1-3-9-4-6-10-7-5-9/h4-7,11H,1-3,8H2. The highest BCUT2D eigenvalue weighted by atomic mass is 32.1. The van der Waals surface area contributed by atoms with Gasteiger partial charge in [-0.05, 0) is 42.7 Å². The average Bonchev–Trinajstić information content (AvgIpc) is 2.07. The number of pyridine rings is 1. The molecule has 0 radical (unpaired) electrons. The molecule has 0 saturated carbocycles. The van der Waals surface area contributed by atoms with Crippen molar-refractivity contribution < 1.29 is 0 Å². The highest BCUT2D eigenvalue weighted by Crippen LogP contribution is 2.03. The number of unbranched alkanes of at least 4 members (excludes halogenated alkanes) is 1. The third kappa shape index (κ3) is 3.42. The van der Waals surface area contributed by atoms with Crippen LogP contribution in [0.3, 0.4) is 0 Å². The number of aryl methyl sites for hydroxylation is 1. The number of aromatic nitrogens is 1. The first-order chi connectivity index (χ1) is 5.43. The van der Waals surface area contributed by atoms with Crippen molar-refractivity contribution in [3.05, 3.63) is 30.1 Å². The van der Waals surface area contributed by atoms with E-state index in [1.165, 1.54) is 18.4 Å². The van der Waals surface area contributed by atoms with Crippen LogP contribution in [0.15, 0.2) is 24.5 Å². The van der Waals surface area contributed by atoms with E-state index in [0.29, 0.717) is 0 Å². The Labute approximate surface area is 73.3 Å². The zero-order valence-corrected chi connectivity index (χ0v) is 7.43. The second kappa shape index (κ2) is 5.19. The van der Waals surface area contributed by atoms with Crippen LogP contribution < -0.4 is 0 Å². The van der Waals surface area contributed by atoms with E-state index in [1.54, 1.807) is 0 Å². The van der Waals surface area contributed by atoms with Gasteiger partial charge >= 0.3 is 0 Å². The predicted molar refractivity (Wildman–Crippen MR) is 51.0 cm³/mol. The van der Waals surface area contributed by atoms with Crippen LogP contribution in [0.25, 0.3) is 0 Å². The summed E-state index contributed by atoms with van der Waals surface area (Å²) in [7, 11) is 0. The summed E-state index contributed by atoms with van der Waals surface area (Å²) in [6, 6.07) is 4.14. The number of hydrogen-bond donors (Lipinski definition) is 1. The minimum atomic E-state index is 0.991. The van der Waals surface area contributed by atoms with Crippen LogP contribution in [0.4, 0.5) is 0 Å². The van der Waals surface area contributed by atoms with Gasteiger partial charge in [-0.25, -0.2) is 0 Å². The van der Waals surface area contributed by atoms with Gasteiger partial charge in [0.25, 0.3) is 0 Å². The smallest absolute Gasteiger partial charge is 0.0270 e. The van der Waals surface area contributed by atoms with Crippen LogP contribution in [-0.4, -0.2) is 10.7 Å². The first-order valence-corrected chi connectivity index (χ1v) is 4.56. The molecule has 2 heteroatoms. The van der Waals surface area contributed by atoms with Gasteiger partial charge in [-0.15, -0.1) is 0 Å². The molecule has 0 aliphatic carbocycles. The molecule has 0 bridgehead atoms. The zero-order chi connectivity index (χ0) is 7.94. The molecular formula is C9H13NS. The minimum absolute atomic E-state index is 0.991. The van der Waals surface area contributed by atoms with Crippen LogP contribution in [0, 0.1) is 0 Å². The molecule has 0 aliphatic heterocycles. The third-order valence-corrected chi connectivity index (χ3v) is 1.94.